The van der Waals surface area contributed by atoms with Gasteiger partial charge in [0.2, 0.25) is 0 Å². The quantitative estimate of drug-likeness (QED) is 0.806. The number of aromatic nitrogens is 2. The number of fused-ring (bicyclic) bond motifs is 1. The normalized spacial score (nSPS) is 10.6. The first-order chi connectivity index (χ1) is 10.6. The van der Waals surface area contributed by atoms with Crippen LogP contribution in [0, 0.1) is 13.8 Å². The highest BCUT2D eigenvalue weighted by atomic mass is 16.1. The molecule has 0 saturated carbocycles. The van der Waals surface area contributed by atoms with E-state index in [1.54, 1.807) is 12.4 Å². The smallest absolute Gasteiger partial charge is 0.253 e. The number of nitrogens with zero attached hydrogens (tertiary/aromatic N) is 2. The number of hydrogen-bond acceptors (Lipinski definition) is 3. The lowest BCUT2D eigenvalue weighted by Crippen LogP contribution is -2.24. The molecular weight excluding hydrogens is 274 g/mol. The molecule has 0 radical (unpaired) electrons. The van der Waals surface area contributed by atoms with E-state index < -0.39 is 0 Å². The monoisotopic (exact) mass is 291 g/mol. The molecule has 22 heavy (non-hydrogen) atoms. The van der Waals surface area contributed by atoms with Crippen molar-refractivity contribution in [1.82, 2.24) is 15.3 Å². The highest BCUT2D eigenvalue weighted by Crippen LogP contribution is 2.15. The van der Waals surface area contributed by atoms with E-state index in [1.165, 1.54) is 5.56 Å². The molecule has 2 aromatic heterocycles. The minimum Gasteiger partial charge on any atom is -0.348 e. The Morgan fingerprint density at radius 2 is 1.91 bits per heavy atom. The molecule has 1 amide bonds. The van der Waals surface area contributed by atoms with Crippen molar-refractivity contribution in [1.29, 1.82) is 0 Å². The minimum absolute atomic E-state index is 0.115. The Balaban J connectivity index is 1.79. The van der Waals surface area contributed by atoms with Crippen LogP contribution in [0.15, 0.2) is 48.8 Å². The average molecular weight is 291 g/mol. The second-order valence-electron chi connectivity index (χ2n) is 5.36. The van der Waals surface area contributed by atoms with Gasteiger partial charge in [0.15, 0.2) is 0 Å². The molecule has 0 spiro atoms. The van der Waals surface area contributed by atoms with Crippen LogP contribution in [0.3, 0.4) is 0 Å². The van der Waals surface area contributed by atoms with Crippen LogP contribution < -0.4 is 5.32 Å². The van der Waals surface area contributed by atoms with Gasteiger partial charge in [-0.15, -0.1) is 0 Å². The molecule has 110 valence electrons. The largest absolute Gasteiger partial charge is 0.348 e. The zero-order valence-electron chi connectivity index (χ0n) is 12.6. The Morgan fingerprint density at radius 1 is 1.14 bits per heavy atom. The van der Waals surface area contributed by atoms with Crippen molar-refractivity contribution in [2.45, 2.75) is 20.4 Å². The number of pyridine rings is 2. The number of rotatable bonds is 3. The SMILES string of the molecule is Cc1ccc(CNC(=O)c2cc3cnccc3nc2C)cc1. The first-order valence-electron chi connectivity index (χ1n) is 7.18. The summed E-state index contributed by atoms with van der Waals surface area (Å²) in [5.74, 6) is -0.115. The zero-order chi connectivity index (χ0) is 15.5. The third kappa shape index (κ3) is 2.96. The van der Waals surface area contributed by atoms with E-state index in [0.717, 1.165) is 22.2 Å². The topological polar surface area (TPSA) is 54.9 Å². The number of carbonyl (C=O) groups is 1. The van der Waals surface area contributed by atoms with Crippen molar-refractivity contribution in [3.8, 4) is 0 Å². The maximum atomic E-state index is 12.4. The fraction of sp³-hybridized carbons (Fsp3) is 0.167. The summed E-state index contributed by atoms with van der Waals surface area (Å²) in [6.07, 6.45) is 3.42. The average Bonchev–Trinajstić information content (AvgIpc) is 2.53. The molecule has 0 fully saturated rings. The van der Waals surface area contributed by atoms with Gasteiger partial charge in [-0.25, -0.2) is 0 Å². The Hall–Kier alpha value is -2.75. The van der Waals surface area contributed by atoms with Crippen molar-refractivity contribution in [3.05, 3.63) is 71.2 Å². The van der Waals surface area contributed by atoms with Gasteiger partial charge in [0.05, 0.1) is 16.8 Å². The van der Waals surface area contributed by atoms with E-state index in [-0.39, 0.29) is 5.91 Å². The number of hydrogen-bond donors (Lipinski definition) is 1. The second kappa shape index (κ2) is 5.93. The van der Waals surface area contributed by atoms with Crippen molar-refractivity contribution in [2.24, 2.45) is 0 Å². The lowest BCUT2D eigenvalue weighted by Gasteiger charge is -2.09. The van der Waals surface area contributed by atoms with Gasteiger partial charge in [-0.1, -0.05) is 29.8 Å². The van der Waals surface area contributed by atoms with Gasteiger partial charge in [-0.2, -0.15) is 0 Å². The van der Waals surface area contributed by atoms with Crippen molar-refractivity contribution < 1.29 is 4.79 Å². The van der Waals surface area contributed by atoms with Crippen molar-refractivity contribution in [2.75, 3.05) is 0 Å². The van der Waals surface area contributed by atoms with Gasteiger partial charge in [0.25, 0.3) is 5.91 Å². The molecule has 0 aliphatic carbocycles. The second-order valence-corrected chi connectivity index (χ2v) is 5.36. The predicted octanol–water partition coefficient (Wildman–Crippen LogP) is 3.18. The van der Waals surface area contributed by atoms with Gasteiger partial charge in [0, 0.05) is 24.3 Å². The molecule has 2 heterocycles. The molecule has 4 nitrogen and oxygen atoms in total. The van der Waals surface area contributed by atoms with Gasteiger partial charge >= 0.3 is 0 Å². The summed E-state index contributed by atoms with van der Waals surface area (Å²) in [7, 11) is 0. The van der Waals surface area contributed by atoms with Crippen LogP contribution in [-0.2, 0) is 6.54 Å². The minimum atomic E-state index is -0.115. The predicted molar refractivity (Wildman–Crippen MR) is 86.6 cm³/mol. The molecule has 1 N–H and O–H groups in total. The van der Waals surface area contributed by atoms with Gasteiger partial charge in [0.1, 0.15) is 0 Å². The molecule has 0 saturated heterocycles. The van der Waals surface area contributed by atoms with E-state index in [4.69, 9.17) is 0 Å². The first kappa shape index (κ1) is 14.2. The van der Waals surface area contributed by atoms with E-state index in [9.17, 15) is 4.79 Å². The Bertz CT molecular complexity index is 825. The summed E-state index contributed by atoms with van der Waals surface area (Å²) in [4.78, 5) is 20.9. The molecule has 0 unspecified atom stereocenters. The zero-order valence-corrected chi connectivity index (χ0v) is 12.6. The van der Waals surface area contributed by atoms with Gasteiger partial charge in [-0.3, -0.25) is 14.8 Å². The van der Waals surface area contributed by atoms with Crippen molar-refractivity contribution in [3.63, 3.8) is 0 Å². The molecule has 3 aromatic rings. The third-order valence-corrected chi connectivity index (χ3v) is 3.62. The number of carbonyl (C=O) groups excluding carboxylic acids is 1. The van der Waals surface area contributed by atoms with Gasteiger partial charge < -0.3 is 5.32 Å². The fourth-order valence-electron chi connectivity index (χ4n) is 2.33. The summed E-state index contributed by atoms with van der Waals surface area (Å²) in [6.45, 7) is 4.39. The lowest BCUT2D eigenvalue weighted by molar-refractivity contribution is 0.0950. The molecule has 0 bridgehead atoms. The molecule has 3 rings (SSSR count). The van der Waals surface area contributed by atoms with Crippen molar-refractivity contribution >= 4 is 16.8 Å². The molecule has 0 atom stereocenters. The van der Waals surface area contributed by atoms with E-state index in [1.807, 2.05) is 50.2 Å². The summed E-state index contributed by atoms with van der Waals surface area (Å²) in [6, 6.07) is 11.8. The highest BCUT2D eigenvalue weighted by Gasteiger charge is 2.11. The Kier molecular flexibility index (Phi) is 3.83. The molecule has 0 aliphatic rings. The van der Waals surface area contributed by atoms with E-state index in [2.05, 4.69) is 15.3 Å². The summed E-state index contributed by atoms with van der Waals surface area (Å²) >= 11 is 0. The molecule has 4 heteroatoms. The Morgan fingerprint density at radius 3 is 2.68 bits per heavy atom. The summed E-state index contributed by atoms with van der Waals surface area (Å²) in [5.41, 5.74) is 4.44. The standard InChI is InChI=1S/C18H17N3O/c1-12-3-5-14(6-4-12)10-20-18(22)16-9-15-11-19-8-7-17(15)21-13(16)2/h3-9,11H,10H2,1-2H3,(H,20,22). The lowest BCUT2D eigenvalue weighted by atomic mass is 10.1. The number of benzene rings is 1. The van der Waals surface area contributed by atoms with Crippen LogP contribution in [0.25, 0.3) is 10.9 Å². The van der Waals surface area contributed by atoms with Crippen LogP contribution >= 0.6 is 0 Å². The van der Waals surface area contributed by atoms with E-state index in [0.29, 0.717) is 12.1 Å². The maximum Gasteiger partial charge on any atom is 0.253 e. The Labute approximate surface area is 129 Å². The van der Waals surface area contributed by atoms with Crippen LogP contribution in [0.4, 0.5) is 0 Å². The number of aryl methyl sites for hydroxylation is 2. The van der Waals surface area contributed by atoms with Gasteiger partial charge in [-0.05, 0) is 31.5 Å². The molecular formula is C18H17N3O. The van der Waals surface area contributed by atoms with E-state index >= 15 is 0 Å². The van der Waals surface area contributed by atoms with Crippen LogP contribution in [0.1, 0.15) is 27.2 Å². The highest BCUT2D eigenvalue weighted by molar-refractivity contribution is 5.98. The van der Waals surface area contributed by atoms with Crippen LogP contribution in [0.2, 0.25) is 0 Å². The fourth-order valence-corrected chi connectivity index (χ4v) is 2.33. The number of amides is 1. The first-order valence-corrected chi connectivity index (χ1v) is 7.18. The molecule has 1 aromatic carbocycles. The summed E-state index contributed by atoms with van der Waals surface area (Å²) in [5, 5.41) is 3.81. The van der Waals surface area contributed by atoms with Crippen LogP contribution in [-0.4, -0.2) is 15.9 Å². The number of nitrogens with one attached hydrogen (secondary N) is 1. The molecule has 0 aliphatic heterocycles. The maximum absolute atomic E-state index is 12.4. The summed E-state index contributed by atoms with van der Waals surface area (Å²) < 4.78 is 0. The van der Waals surface area contributed by atoms with Crippen LogP contribution in [0.5, 0.6) is 0 Å². The third-order valence-electron chi connectivity index (χ3n) is 3.62.